The highest BCUT2D eigenvalue weighted by molar-refractivity contribution is 6.32. The molecule has 3 N–H and O–H groups in total. The van der Waals surface area contributed by atoms with Gasteiger partial charge in [0.05, 0.1) is 12.1 Å². The van der Waals surface area contributed by atoms with E-state index in [1.54, 1.807) is 18.2 Å². The van der Waals surface area contributed by atoms with E-state index in [4.69, 9.17) is 27.2 Å². The SMILES string of the molecule is COc1cc(/C=C(/N)C(=O)O)ccc1Cl. The van der Waals surface area contributed by atoms with Crippen molar-refractivity contribution in [1.82, 2.24) is 0 Å². The second-order valence-corrected chi connectivity index (χ2v) is 3.21. The van der Waals surface area contributed by atoms with Crippen molar-refractivity contribution in [2.75, 3.05) is 7.11 Å². The summed E-state index contributed by atoms with van der Waals surface area (Å²) in [5.74, 6) is -0.687. The minimum atomic E-state index is -1.16. The van der Waals surface area contributed by atoms with Crippen LogP contribution in [0.5, 0.6) is 5.75 Å². The Morgan fingerprint density at radius 3 is 2.80 bits per heavy atom. The van der Waals surface area contributed by atoms with Gasteiger partial charge in [-0.2, -0.15) is 0 Å². The minimum Gasteiger partial charge on any atom is -0.495 e. The van der Waals surface area contributed by atoms with Crippen molar-refractivity contribution in [3.63, 3.8) is 0 Å². The van der Waals surface area contributed by atoms with Crippen molar-refractivity contribution in [1.29, 1.82) is 0 Å². The molecule has 0 radical (unpaired) electrons. The van der Waals surface area contributed by atoms with E-state index >= 15 is 0 Å². The number of halogens is 1. The lowest BCUT2D eigenvalue weighted by molar-refractivity contribution is -0.132. The molecule has 0 unspecified atom stereocenters. The summed E-state index contributed by atoms with van der Waals surface area (Å²) >= 11 is 5.80. The molecule has 0 saturated carbocycles. The van der Waals surface area contributed by atoms with Gasteiger partial charge in [0.2, 0.25) is 0 Å². The minimum absolute atomic E-state index is 0.237. The summed E-state index contributed by atoms with van der Waals surface area (Å²) in [6, 6.07) is 4.88. The van der Waals surface area contributed by atoms with E-state index in [0.717, 1.165) is 0 Å². The third-order valence-corrected chi connectivity index (χ3v) is 2.06. The molecule has 0 saturated heterocycles. The van der Waals surface area contributed by atoms with Crippen LogP contribution in [0, 0.1) is 0 Å². The summed E-state index contributed by atoms with van der Waals surface area (Å²) in [6.45, 7) is 0. The number of carboxylic acids is 1. The van der Waals surface area contributed by atoms with Gasteiger partial charge < -0.3 is 15.6 Å². The molecule has 0 atom stereocenters. The number of ether oxygens (including phenoxy) is 1. The Labute approximate surface area is 91.9 Å². The van der Waals surface area contributed by atoms with Crippen LogP contribution in [0.25, 0.3) is 6.08 Å². The molecule has 5 heteroatoms. The van der Waals surface area contributed by atoms with Crippen molar-refractivity contribution in [2.24, 2.45) is 5.73 Å². The van der Waals surface area contributed by atoms with Gasteiger partial charge in [0.25, 0.3) is 0 Å². The van der Waals surface area contributed by atoms with Crippen LogP contribution < -0.4 is 10.5 Å². The van der Waals surface area contributed by atoms with E-state index < -0.39 is 5.97 Å². The maximum atomic E-state index is 10.5. The fourth-order valence-corrected chi connectivity index (χ4v) is 1.20. The van der Waals surface area contributed by atoms with Gasteiger partial charge in [0, 0.05) is 0 Å². The Morgan fingerprint density at radius 1 is 1.60 bits per heavy atom. The molecule has 0 spiro atoms. The standard InChI is InChI=1S/C10H10ClNO3/c1-15-9-5-6(2-3-7(9)11)4-8(12)10(13)14/h2-5H,12H2,1H3,(H,13,14)/b8-4+. The maximum absolute atomic E-state index is 10.5. The molecule has 80 valence electrons. The molecular formula is C10H10ClNO3. The van der Waals surface area contributed by atoms with Crippen LogP contribution in [0.2, 0.25) is 5.02 Å². The van der Waals surface area contributed by atoms with Crippen LogP contribution in [0.4, 0.5) is 0 Å². The highest BCUT2D eigenvalue weighted by Crippen LogP contribution is 2.25. The van der Waals surface area contributed by atoms with Crippen LogP contribution in [0.15, 0.2) is 23.9 Å². The summed E-state index contributed by atoms with van der Waals surface area (Å²) in [6.07, 6.45) is 1.33. The van der Waals surface area contributed by atoms with Crippen LogP contribution in [-0.4, -0.2) is 18.2 Å². The summed E-state index contributed by atoms with van der Waals surface area (Å²) < 4.78 is 4.98. The molecule has 1 aromatic carbocycles. The molecule has 1 rings (SSSR count). The molecule has 15 heavy (non-hydrogen) atoms. The lowest BCUT2D eigenvalue weighted by atomic mass is 10.2. The Kier molecular flexibility index (Phi) is 3.57. The monoisotopic (exact) mass is 227 g/mol. The van der Waals surface area contributed by atoms with E-state index in [9.17, 15) is 4.79 Å². The highest BCUT2D eigenvalue weighted by Gasteiger charge is 2.03. The van der Waals surface area contributed by atoms with Crippen molar-refractivity contribution < 1.29 is 14.6 Å². The molecule has 0 aliphatic heterocycles. The average Bonchev–Trinajstić information content (AvgIpc) is 2.20. The topological polar surface area (TPSA) is 72.5 Å². The number of rotatable bonds is 3. The molecule has 4 nitrogen and oxygen atoms in total. The molecule has 0 aliphatic rings. The Balaban J connectivity index is 3.07. The van der Waals surface area contributed by atoms with E-state index in [0.29, 0.717) is 16.3 Å². The second kappa shape index (κ2) is 4.70. The molecule has 1 aromatic rings. The first-order valence-electron chi connectivity index (χ1n) is 4.08. The first kappa shape index (κ1) is 11.4. The largest absolute Gasteiger partial charge is 0.495 e. The summed E-state index contributed by atoms with van der Waals surface area (Å²) in [4.78, 5) is 10.5. The zero-order valence-corrected chi connectivity index (χ0v) is 8.78. The summed E-state index contributed by atoms with van der Waals surface area (Å²) in [5, 5.41) is 9.04. The van der Waals surface area contributed by atoms with E-state index in [2.05, 4.69) is 0 Å². The van der Waals surface area contributed by atoms with Gasteiger partial charge in [0.1, 0.15) is 11.4 Å². The summed E-state index contributed by atoms with van der Waals surface area (Å²) in [7, 11) is 1.48. The number of hydrogen-bond acceptors (Lipinski definition) is 3. The number of aliphatic carboxylic acids is 1. The van der Waals surface area contributed by atoms with Gasteiger partial charge in [0.15, 0.2) is 0 Å². The number of benzene rings is 1. The normalized spacial score (nSPS) is 11.2. The average molecular weight is 228 g/mol. The number of methoxy groups -OCH3 is 1. The Bertz CT molecular complexity index is 415. The second-order valence-electron chi connectivity index (χ2n) is 2.80. The molecule has 0 amide bonds. The van der Waals surface area contributed by atoms with Crippen LogP contribution in [0.3, 0.4) is 0 Å². The number of carboxylic acid groups (broad SMARTS) is 1. The van der Waals surface area contributed by atoms with Gasteiger partial charge in [-0.3, -0.25) is 0 Å². The molecule has 0 bridgehead atoms. The number of hydrogen-bond donors (Lipinski definition) is 2. The smallest absolute Gasteiger partial charge is 0.351 e. The lowest BCUT2D eigenvalue weighted by Crippen LogP contribution is -2.09. The molecule has 0 fully saturated rings. The molecule has 0 aromatic heterocycles. The third-order valence-electron chi connectivity index (χ3n) is 1.74. The summed E-state index contributed by atoms with van der Waals surface area (Å²) in [5.41, 5.74) is 5.65. The Hall–Kier alpha value is -1.68. The van der Waals surface area contributed by atoms with Crippen molar-refractivity contribution in [2.45, 2.75) is 0 Å². The lowest BCUT2D eigenvalue weighted by Gasteiger charge is -2.03. The van der Waals surface area contributed by atoms with Gasteiger partial charge >= 0.3 is 5.97 Å². The highest BCUT2D eigenvalue weighted by atomic mass is 35.5. The molecular weight excluding hydrogens is 218 g/mol. The zero-order chi connectivity index (χ0) is 11.4. The Morgan fingerprint density at radius 2 is 2.27 bits per heavy atom. The van der Waals surface area contributed by atoms with Gasteiger partial charge in [-0.25, -0.2) is 4.79 Å². The van der Waals surface area contributed by atoms with Crippen LogP contribution >= 0.6 is 11.6 Å². The number of nitrogens with two attached hydrogens (primary N) is 1. The maximum Gasteiger partial charge on any atom is 0.351 e. The fourth-order valence-electron chi connectivity index (χ4n) is 1.01. The predicted molar refractivity (Wildman–Crippen MR) is 57.8 cm³/mol. The molecule has 0 aliphatic carbocycles. The van der Waals surface area contributed by atoms with E-state index in [-0.39, 0.29) is 5.70 Å². The predicted octanol–water partition coefficient (Wildman–Crippen LogP) is 1.73. The van der Waals surface area contributed by atoms with Crippen molar-refractivity contribution in [3.8, 4) is 5.75 Å². The van der Waals surface area contributed by atoms with Crippen LogP contribution in [-0.2, 0) is 4.79 Å². The quantitative estimate of drug-likeness (QED) is 0.772. The number of carbonyl (C=O) groups is 1. The van der Waals surface area contributed by atoms with Gasteiger partial charge in [-0.15, -0.1) is 0 Å². The zero-order valence-electron chi connectivity index (χ0n) is 8.03. The van der Waals surface area contributed by atoms with Crippen LogP contribution in [0.1, 0.15) is 5.56 Å². The first-order chi connectivity index (χ1) is 7.04. The third kappa shape index (κ3) is 2.89. The molecule has 0 heterocycles. The first-order valence-corrected chi connectivity index (χ1v) is 4.46. The van der Waals surface area contributed by atoms with Crippen molar-refractivity contribution in [3.05, 3.63) is 34.5 Å². The fraction of sp³-hybridized carbons (Fsp3) is 0.100. The van der Waals surface area contributed by atoms with Crippen molar-refractivity contribution >= 4 is 23.6 Å². The van der Waals surface area contributed by atoms with Gasteiger partial charge in [-0.1, -0.05) is 17.7 Å². The van der Waals surface area contributed by atoms with E-state index in [1.165, 1.54) is 13.2 Å². The van der Waals surface area contributed by atoms with Gasteiger partial charge in [-0.05, 0) is 23.8 Å². The van der Waals surface area contributed by atoms with E-state index in [1.807, 2.05) is 0 Å².